The minimum atomic E-state index is -1.08. The predicted molar refractivity (Wildman–Crippen MR) is 139 cm³/mol. The van der Waals surface area contributed by atoms with Crippen molar-refractivity contribution >= 4 is 29.4 Å². The summed E-state index contributed by atoms with van der Waals surface area (Å²) in [7, 11) is 1.49. The van der Waals surface area contributed by atoms with Crippen LogP contribution < -0.4 is 15.4 Å². The lowest BCUT2D eigenvalue weighted by atomic mass is 9.97. The van der Waals surface area contributed by atoms with E-state index in [0.29, 0.717) is 29.3 Å². The number of carboxylic acids is 1. The molecule has 7 nitrogen and oxygen atoms in total. The number of aliphatic carboxylic acids is 1. The second-order valence-electron chi connectivity index (χ2n) is 8.40. The van der Waals surface area contributed by atoms with Gasteiger partial charge in [-0.1, -0.05) is 66.2 Å². The average Bonchev–Trinajstić information content (AvgIpc) is 2.88. The molecule has 2 amide bonds. The van der Waals surface area contributed by atoms with Crippen LogP contribution in [0.3, 0.4) is 0 Å². The largest absolute Gasteiger partial charge is 0.496 e. The molecule has 0 aromatic heterocycles. The number of nitrogens with one attached hydrogen (secondary N) is 2. The summed E-state index contributed by atoms with van der Waals surface area (Å²) in [4.78, 5) is 36.9. The summed E-state index contributed by atoms with van der Waals surface area (Å²) in [5.41, 5.74) is 2.96. The molecule has 0 aliphatic heterocycles. The Kier molecular flexibility index (Phi) is 9.47. The fourth-order valence-corrected chi connectivity index (χ4v) is 3.92. The van der Waals surface area contributed by atoms with Gasteiger partial charge in [-0.2, -0.15) is 0 Å². The maximum absolute atomic E-state index is 12.7. The van der Waals surface area contributed by atoms with E-state index >= 15 is 0 Å². The van der Waals surface area contributed by atoms with Crippen LogP contribution in [-0.4, -0.2) is 42.6 Å². The van der Waals surface area contributed by atoms with E-state index in [9.17, 15) is 19.5 Å². The Morgan fingerprint density at radius 3 is 2.31 bits per heavy atom. The van der Waals surface area contributed by atoms with Gasteiger partial charge in [0.2, 0.25) is 5.91 Å². The van der Waals surface area contributed by atoms with Crippen molar-refractivity contribution in [1.29, 1.82) is 0 Å². The predicted octanol–water partition coefficient (Wildman–Crippen LogP) is 4.24. The second kappa shape index (κ2) is 12.7. The molecule has 0 aliphatic carbocycles. The Hall–Kier alpha value is -3.84. The third-order valence-electron chi connectivity index (χ3n) is 5.88. The van der Waals surface area contributed by atoms with E-state index in [1.54, 1.807) is 25.1 Å². The number of halogens is 1. The molecule has 0 radical (unpaired) electrons. The van der Waals surface area contributed by atoms with E-state index in [4.69, 9.17) is 16.3 Å². The molecule has 3 rings (SSSR count). The number of carboxylic acid groups (broad SMARTS) is 1. The van der Waals surface area contributed by atoms with Crippen LogP contribution in [0.4, 0.5) is 0 Å². The Labute approximate surface area is 215 Å². The molecule has 188 valence electrons. The first-order valence-electron chi connectivity index (χ1n) is 11.6. The zero-order valence-electron chi connectivity index (χ0n) is 20.2. The molecule has 0 heterocycles. The number of benzene rings is 3. The molecule has 36 heavy (non-hydrogen) atoms. The molecule has 1 unspecified atom stereocenters. The quantitative estimate of drug-likeness (QED) is 0.359. The molecule has 2 atom stereocenters. The van der Waals surface area contributed by atoms with Crippen LogP contribution >= 0.6 is 11.6 Å². The number of amides is 2. The molecule has 0 saturated heterocycles. The Morgan fingerprint density at radius 2 is 1.67 bits per heavy atom. The molecule has 3 N–H and O–H groups in total. The summed E-state index contributed by atoms with van der Waals surface area (Å²) in [5, 5.41) is 15.5. The highest BCUT2D eigenvalue weighted by Crippen LogP contribution is 2.22. The van der Waals surface area contributed by atoms with Crippen molar-refractivity contribution in [2.45, 2.75) is 31.7 Å². The summed E-state index contributed by atoms with van der Waals surface area (Å²) >= 11 is 6.00. The molecule has 0 aliphatic rings. The lowest BCUT2D eigenvalue weighted by Crippen LogP contribution is -2.44. The van der Waals surface area contributed by atoms with Crippen molar-refractivity contribution in [2.75, 3.05) is 13.7 Å². The fourth-order valence-electron chi connectivity index (χ4n) is 3.74. The van der Waals surface area contributed by atoms with Crippen molar-refractivity contribution in [3.8, 4) is 5.75 Å². The monoisotopic (exact) mass is 508 g/mol. The van der Waals surface area contributed by atoms with Crippen LogP contribution in [0.2, 0.25) is 5.02 Å². The first-order chi connectivity index (χ1) is 17.3. The van der Waals surface area contributed by atoms with E-state index in [1.165, 1.54) is 7.11 Å². The van der Waals surface area contributed by atoms with Crippen LogP contribution in [-0.2, 0) is 22.4 Å². The van der Waals surface area contributed by atoms with Gasteiger partial charge in [0.15, 0.2) is 0 Å². The van der Waals surface area contributed by atoms with Crippen molar-refractivity contribution < 1.29 is 24.2 Å². The van der Waals surface area contributed by atoms with E-state index < -0.39 is 17.9 Å². The van der Waals surface area contributed by atoms with E-state index in [0.717, 1.165) is 16.7 Å². The molecule has 0 fully saturated rings. The van der Waals surface area contributed by atoms with Gasteiger partial charge < -0.3 is 20.5 Å². The number of carbonyl (C=O) groups excluding carboxylic acids is 2. The van der Waals surface area contributed by atoms with E-state index in [1.807, 2.05) is 54.6 Å². The van der Waals surface area contributed by atoms with Crippen LogP contribution in [0.5, 0.6) is 5.75 Å². The topological polar surface area (TPSA) is 105 Å². The molecule has 0 bridgehead atoms. The van der Waals surface area contributed by atoms with E-state index in [2.05, 4.69) is 10.6 Å². The Balaban J connectivity index is 1.54. The number of ether oxygens (including phenoxy) is 1. The van der Waals surface area contributed by atoms with Gasteiger partial charge in [0.1, 0.15) is 11.8 Å². The highest BCUT2D eigenvalue weighted by atomic mass is 35.5. The molecule has 0 spiro atoms. The molecule has 8 heteroatoms. The van der Waals surface area contributed by atoms with E-state index in [-0.39, 0.29) is 18.2 Å². The van der Waals surface area contributed by atoms with Gasteiger partial charge in [-0.05, 0) is 48.2 Å². The fraction of sp³-hybridized carbons (Fsp3) is 0.250. The van der Waals surface area contributed by atoms with Gasteiger partial charge in [0, 0.05) is 18.0 Å². The van der Waals surface area contributed by atoms with Crippen molar-refractivity contribution in [3.05, 3.63) is 100 Å². The summed E-state index contributed by atoms with van der Waals surface area (Å²) in [5.74, 6) is -1.78. The standard InChI is InChI=1S/C28H29ClN2O5/c1-18(26(32)31-24(28(34)35)16-20-6-4-3-5-7-20)21-10-8-19(9-11-21)14-15-30-27(33)23-17-22(29)12-13-25(23)36-2/h3-13,17-18,24H,14-16H2,1-2H3,(H,30,33)(H,31,32)(H,34,35)/t18?,24-/m0/s1. The van der Waals surface area contributed by atoms with Gasteiger partial charge in [-0.3, -0.25) is 9.59 Å². The second-order valence-corrected chi connectivity index (χ2v) is 8.84. The maximum atomic E-state index is 12.7. The normalized spacial score (nSPS) is 12.3. The lowest BCUT2D eigenvalue weighted by Gasteiger charge is -2.18. The van der Waals surface area contributed by atoms with Crippen LogP contribution in [0.1, 0.15) is 39.9 Å². The average molecular weight is 509 g/mol. The van der Waals surface area contributed by atoms with Gasteiger partial charge in [-0.15, -0.1) is 0 Å². The third kappa shape index (κ3) is 7.33. The first kappa shape index (κ1) is 26.8. The summed E-state index contributed by atoms with van der Waals surface area (Å²) in [6, 6.07) is 20.5. The highest BCUT2D eigenvalue weighted by Gasteiger charge is 2.24. The molecule has 3 aromatic rings. The number of hydrogen-bond acceptors (Lipinski definition) is 4. The maximum Gasteiger partial charge on any atom is 0.326 e. The zero-order chi connectivity index (χ0) is 26.1. The molecule has 3 aromatic carbocycles. The first-order valence-corrected chi connectivity index (χ1v) is 11.9. The third-order valence-corrected chi connectivity index (χ3v) is 6.11. The van der Waals surface area contributed by atoms with Gasteiger partial charge in [0.25, 0.3) is 5.91 Å². The number of carbonyl (C=O) groups is 3. The number of hydrogen-bond donors (Lipinski definition) is 3. The molecular formula is C28H29ClN2O5. The summed E-state index contributed by atoms with van der Waals surface area (Å²) in [6.45, 7) is 2.15. The SMILES string of the molecule is COc1ccc(Cl)cc1C(=O)NCCc1ccc(C(C)C(=O)N[C@@H](Cc2ccccc2)C(=O)O)cc1. The van der Waals surface area contributed by atoms with Crippen LogP contribution in [0.15, 0.2) is 72.8 Å². The van der Waals surface area contributed by atoms with Crippen molar-refractivity contribution in [2.24, 2.45) is 0 Å². The van der Waals surface area contributed by atoms with Crippen molar-refractivity contribution in [3.63, 3.8) is 0 Å². The van der Waals surface area contributed by atoms with Crippen LogP contribution in [0, 0.1) is 0 Å². The molecule has 0 saturated carbocycles. The highest BCUT2D eigenvalue weighted by molar-refractivity contribution is 6.31. The lowest BCUT2D eigenvalue weighted by molar-refractivity contribution is -0.141. The zero-order valence-corrected chi connectivity index (χ0v) is 20.9. The molecular weight excluding hydrogens is 480 g/mol. The minimum Gasteiger partial charge on any atom is -0.496 e. The van der Waals surface area contributed by atoms with Gasteiger partial charge in [-0.25, -0.2) is 4.79 Å². The number of rotatable bonds is 11. The Morgan fingerprint density at radius 1 is 0.972 bits per heavy atom. The smallest absolute Gasteiger partial charge is 0.326 e. The summed E-state index contributed by atoms with van der Waals surface area (Å²) < 4.78 is 5.22. The van der Waals surface area contributed by atoms with Gasteiger partial charge in [0.05, 0.1) is 18.6 Å². The Bertz CT molecular complexity index is 1200. The van der Waals surface area contributed by atoms with Crippen molar-refractivity contribution in [1.82, 2.24) is 10.6 Å². The summed E-state index contributed by atoms with van der Waals surface area (Å²) in [6.07, 6.45) is 0.800. The van der Waals surface area contributed by atoms with Gasteiger partial charge >= 0.3 is 5.97 Å². The van der Waals surface area contributed by atoms with Crippen LogP contribution in [0.25, 0.3) is 0 Å². The minimum absolute atomic E-state index is 0.209. The number of methoxy groups -OCH3 is 1.